The van der Waals surface area contributed by atoms with Crippen molar-refractivity contribution >= 4 is 27.3 Å². The summed E-state index contributed by atoms with van der Waals surface area (Å²) in [7, 11) is -2.40. The van der Waals surface area contributed by atoms with E-state index in [1.165, 1.54) is 7.11 Å². The van der Waals surface area contributed by atoms with E-state index < -0.39 is 10.0 Å². The van der Waals surface area contributed by atoms with E-state index in [0.29, 0.717) is 12.2 Å². The van der Waals surface area contributed by atoms with Gasteiger partial charge >= 0.3 is 0 Å². The van der Waals surface area contributed by atoms with Crippen LogP contribution in [0.25, 0.3) is 0 Å². The molecule has 0 saturated heterocycles. The van der Waals surface area contributed by atoms with Gasteiger partial charge in [-0.3, -0.25) is 9.52 Å². The molecule has 0 fully saturated rings. The monoisotopic (exact) mass is 402 g/mol. The molecule has 0 aliphatic carbocycles. The molecule has 1 amide bonds. The first-order valence-electron chi connectivity index (χ1n) is 9.34. The zero-order valence-electron chi connectivity index (χ0n) is 16.7. The number of nitrogens with one attached hydrogen (secondary N) is 1. The van der Waals surface area contributed by atoms with Gasteiger partial charge in [-0.1, -0.05) is 26.0 Å². The zero-order chi connectivity index (χ0) is 20.5. The predicted octanol–water partition coefficient (Wildman–Crippen LogP) is 3.74. The smallest absolute Gasteiger partial charge is 0.265 e. The molecule has 6 nitrogen and oxygen atoms in total. The van der Waals surface area contributed by atoms with Gasteiger partial charge in [0.25, 0.3) is 10.0 Å². The van der Waals surface area contributed by atoms with Crippen LogP contribution in [-0.2, 0) is 21.2 Å². The van der Waals surface area contributed by atoms with Crippen molar-refractivity contribution in [2.24, 2.45) is 5.92 Å². The maximum atomic E-state index is 13.0. The highest BCUT2D eigenvalue weighted by atomic mass is 32.2. The van der Waals surface area contributed by atoms with Crippen LogP contribution >= 0.6 is 0 Å². The molecule has 0 unspecified atom stereocenters. The average molecular weight is 403 g/mol. The van der Waals surface area contributed by atoms with E-state index >= 15 is 0 Å². The number of methoxy groups -OCH3 is 1. The second-order valence-corrected chi connectivity index (χ2v) is 9.00. The molecule has 1 aliphatic rings. The fourth-order valence-corrected chi connectivity index (χ4v) is 4.69. The predicted molar refractivity (Wildman–Crippen MR) is 110 cm³/mol. The Hall–Kier alpha value is -2.54. The number of fused-ring (bicyclic) bond motifs is 1. The summed E-state index contributed by atoms with van der Waals surface area (Å²) in [6.07, 6.45) is 1.77. The molecule has 1 heterocycles. The third-order valence-electron chi connectivity index (χ3n) is 4.82. The summed E-state index contributed by atoms with van der Waals surface area (Å²) < 4.78 is 33.8. The van der Waals surface area contributed by atoms with Crippen molar-refractivity contribution in [2.45, 2.75) is 38.5 Å². The molecule has 2 aromatic carbocycles. The first kappa shape index (κ1) is 20.2. The van der Waals surface area contributed by atoms with Crippen LogP contribution in [0, 0.1) is 12.8 Å². The molecular weight excluding hydrogens is 376 g/mol. The summed E-state index contributed by atoms with van der Waals surface area (Å²) >= 11 is 0. The molecule has 0 spiro atoms. The van der Waals surface area contributed by atoms with Crippen LogP contribution in [-0.4, -0.2) is 28.0 Å². The molecule has 0 radical (unpaired) electrons. The van der Waals surface area contributed by atoms with Gasteiger partial charge in [0.15, 0.2) is 0 Å². The highest BCUT2D eigenvalue weighted by Gasteiger charge is 2.26. The normalized spacial score (nSPS) is 14.0. The van der Waals surface area contributed by atoms with Crippen molar-refractivity contribution in [1.29, 1.82) is 0 Å². The van der Waals surface area contributed by atoms with Crippen molar-refractivity contribution in [1.82, 2.24) is 0 Å². The summed E-state index contributed by atoms with van der Waals surface area (Å²) in [4.78, 5) is 14.4. The molecule has 28 heavy (non-hydrogen) atoms. The van der Waals surface area contributed by atoms with Crippen LogP contribution in [0.3, 0.4) is 0 Å². The summed E-state index contributed by atoms with van der Waals surface area (Å²) in [5.74, 6) is 0.205. The minimum atomic E-state index is -3.84. The second kappa shape index (κ2) is 7.83. The third-order valence-corrected chi connectivity index (χ3v) is 6.23. The molecule has 1 N–H and O–H groups in total. The Morgan fingerprint density at radius 1 is 1.18 bits per heavy atom. The topological polar surface area (TPSA) is 75.7 Å². The molecule has 1 aliphatic heterocycles. The van der Waals surface area contributed by atoms with Crippen LogP contribution in [0.1, 0.15) is 31.4 Å². The maximum Gasteiger partial charge on any atom is 0.265 e. The highest BCUT2D eigenvalue weighted by molar-refractivity contribution is 7.92. The number of carbonyl (C=O) groups is 1. The van der Waals surface area contributed by atoms with Gasteiger partial charge in [0, 0.05) is 18.2 Å². The fraction of sp³-hybridized carbons (Fsp3) is 0.381. The average Bonchev–Trinajstić information content (AvgIpc) is 2.66. The minimum absolute atomic E-state index is 0.0429. The van der Waals surface area contributed by atoms with Crippen LogP contribution in [0.4, 0.5) is 11.4 Å². The number of hydrogen-bond acceptors (Lipinski definition) is 4. The Kier molecular flexibility index (Phi) is 5.65. The number of hydrogen-bond donors (Lipinski definition) is 1. The first-order valence-corrected chi connectivity index (χ1v) is 10.8. The van der Waals surface area contributed by atoms with E-state index in [0.717, 1.165) is 29.7 Å². The van der Waals surface area contributed by atoms with E-state index in [1.807, 2.05) is 26.8 Å². The van der Waals surface area contributed by atoms with Gasteiger partial charge in [-0.15, -0.1) is 0 Å². The number of anilines is 2. The third kappa shape index (κ3) is 3.99. The summed E-state index contributed by atoms with van der Waals surface area (Å²) in [6, 6.07) is 10.4. The van der Waals surface area contributed by atoms with Gasteiger partial charge < -0.3 is 9.64 Å². The Bertz CT molecular complexity index is 999. The number of sulfonamides is 1. The zero-order valence-corrected chi connectivity index (χ0v) is 17.5. The van der Waals surface area contributed by atoms with Gasteiger partial charge in [-0.25, -0.2) is 8.42 Å². The van der Waals surface area contributed by atoms with Crippen LogP contribution in [0.15, 0.2) is 41.3 Å². The minimum Gasteiger partial charge on any atom is -0.495 e. The van der Waals surface area contributed by atoms with Crippen molar-refractivity contribution in [3.05, 3.63) is 47.5 Å². The SMILES string of the molecule is COc1ccc(C)cc1S(=O)(=O)Nc1ccc2c(c1)N(C(=O)C(C)C)CCC2. The number of benzene rings is 2. The van der Waals surface area contributed by atoms with E-state index in [1.54, 1.807) is 35.2 Å². The molecule has 0 saturated carbocycles. The molecular formula is C21H26N2O4S. The Labute approximate surface area is 166 Å². The lowest BCUT2D eigenvalue weighted by Crippen LogP contribution is -2.38. The fourth-order valence-electron chi connectivity index (χ4n) is 3.38. The van der Waals surface area contributed by atoms with E-state index in [4.69, 9.17) is 4.74 Å². The van der Waals surface area contributed by atoms with Gasteiger partial charge in [-0.2, -0.15) is 0 Å². The Morgan fingerprint density at radius 3 is 2.61 bits per heavy atom. The molecule has 0 bridgehead atoms. The first-order chi connectivity index (χ1) is 13.2. The molecule has 150 valence electrons. The number of amides is 1. The highest BCUT2D eigenvalue weighted by Crippen LogP contribution is 2.33. The number of aryl methyl sites for hydroxylation is 2. The molecule has 3 rings (SSSR count). The van der Waals surface area contributed by atoms with Crippen molar-refractivity contribution in [2.75, 3.05) is 23.3 Å². The molecule has 0 aromatic heterocycles. The lowest BCUT2D eigenvalue weighted by atomic mass is 9.99. The maximum absolute atomic E-state index is 13.0. The van der Waals surface area contributed by atoms with E-state index in [2.05, 4.69) is 4.72 Å². The Morgan fingerprint density at radius 2 is 1.93 bits per heavy atom. The van der Waals surface area contributed by atoms with E-state index in [9.17, 15) is 13.2 Å². The number of carbonyl (C=O) groups excluding carboxylic acids is 1. The second-order valence-electron chi connectivity index (χ2n) is 7.35. The number of rotatable bonds is 5. The largest absolute Gasteiger partial charge is 0.495 e. The number of ether oxygens (including phenoxy) is 1. The lowest BCUT2D eigenvalue weighted by Gasteiger charge is -2.31. The number of nitrogens with zero attached hydrogens (tertiary/aromatic N) is 1. The van der Waals surface area contributed by atoms with Crippen LogP contribution < -0.4 is 14.4 Å². The molecule has 7 heteroatoms. The van der Waals surface area contributed by atoms with Gasteiger partial charge in [0.1, 0.15) is 10.6 Å². The van der Waals surface area contributed by atoms with E-state index in [-0.39, 0.29) is 22.5 Å². The lowest BCUT2D eigenvalue weighted by molar-refractivity contribution is -0.121. The van der Waals surface area contributed by atoms with Gasteiger partial charge in [-0.05, 0) is 55.2 Å². The molecule has 0 atom stereocenters. The van der Waals surface area contributed by atoms with Gasteiger partial charge in [0.2, 0.25) is 5.91 Å². The van der Waals surface area contributed by atoms with Crippen molar-refractivity contribution in [3.63, 3.8) is 0 Å². The van der Waals surface area contributed by atoms with Crippen LogP contribution in [0.5, 0.6) is 5.75 Å². The standard InChI is InChI=1S/C21H26N2O4S/c1-14(2)21(24)23-11-5-6-16-8-9-17(13-18(16)23)22-28(25,26)20-12-15(3)7-10-19(20)27-4/h7-10,12-14,22H,5-6,11H2,1-4H3. The molecule has 2 aromatic rings. The van der Waals surface area contributed by atoms with Crippen LogP contribution in [0.2, 0.25) is 0 Å². The Balaban J connectivity index is 1.97. The van der Waals surface area contributed by atoms with Gasteiger partial charge in [0.05, 0.1) is 12.8 Å². The summed E-state index contributed by atoms with van der Waals surface area (Å²) in [6.45, 7) is 6.21. The summed E-state index contributed by atoms with van der Waals surface area (Å²) in [5.41, 5.74) is 3.07. The van der Waals surface area contributed by atoms with Crippen molar-refractivity contribution in [3.8, 4) is 5.75 Å². The quantitative estimate of drug-likeness (QED) is 0.827. The van der Waals surface area contributed by atoms with Crippen molar-refractivity contribution < 1.29 is 17.9 Å². The summed E-state index contributed by atoms with van der Waals surface area (Å²) in [5, 5.41) is 0.